The van der Waals surface area contributed by atoms with Crippen LogP contribution in [-0.4, -0.2) is 14.3 Å². The zero-order valence-corrected chi connectivity index (χ0v) is 9.03. The monoisotopic (exact) mass is 193 g/mol. The largest absolute Gasteiger partial charge is 0.346 e. The third-order valence-electron chi connectivity index (χ3n) is 1.93. The number of nitrogens with zero attached hydrogens (tertiary/aromatic N) is 3. The first-order valence-corrected chi connectivity index (χ1v) is 4.45. The van der Waals surface area contributed by atoms with E-state index >= 15 is 0 Å². The number of aryl methyl sites for hydroxylation is 1. The molecule has 0 atom stereocenters. The maximum Gasteiger partial charge on any atom is 0.346 e. The predicted octanol–water partition coefficient (Wildman–Crippen LogP) is 0.513. The lowest BCUT2D eigenvalue weighted by molar-refractivity contribution is 0.508. The van der Waals surface area contributed by atoms with Crippen LogP contribution in [0.2, 0.25) is 0 Å². The first-order valence-electron chi connectivity index (χ1n) is 4.45. The number of terminal acetylenes is 1. The molecule has 0 amide bonds. The smallest absolute Gasteiger partial charge is 0.267 e. The summed E-state index contributed by atoms with van der Waals surface area (Å²) >= 11 is 0. The lowest BCUT2D eigenvalue weighted by Gasteiger charge is -2.16. The van der Waals surface area contributed by atoms with E-state index < -0.39 is 0 Å². The van der Waals surface area contributed by atoms with Gasteiger partial charge in [0.15, 0.2) is 0 Å². The standard InChI is InChI=1S/C10H15N3O/c1-6-7-13-8(10(2,3)4)11-12(5)9(13)14/h1H,7H2,2-5H3. The summed E-state index contributed by atoms with van der Waals surface area (Å²) in [7, 11) is 1.63. The number of hydrogen-bond acceptors (Lipinski definition) is 2. The lowest BCUT2D eigenvalue weighted by Crippen LogP contribution is -2.26. The summed E-state index contributed by atoms with van der Waals surface area (Å²) in [5, 5.41) is 4.17. The molecular weight excluding hydrogens is 178 g/mol. The summed E-state index contributed by atoms with van der Waals surface area (Å²) in [6, 6.07) is 0. The zero-order chi connectivity index (χ0) is 10.9. The van der Waals surface area contributed by atoms with Crippen molar-refractivity contribution in [3.8, 4) is 12.3 Å². The average molecular weight is 193 g/mol. The highest BCUT2D eigenvalue weighted by Crippen LogP contribution is 2.18. The van der Waals surface area contributed by atoms with Gasteiger partial charge >= 0.3 is 5.69 Å². The van der Waals surface area contributed by atoms with Crippen LogP contribution in [0.1, 0.15) is 26.6 Å². The van der Waals surface area contributed by atoms with Crippen LogP contribution in [-0.2, 0) is 19.0 Å². The van der Waals surface area contributed by atoms with Gasteiger partial charge in [-0.25, -0.2) is 9.48 Å². The molecule has 0 unspecified atom stereocenters. The van der Waals surface area contributed by atoms with Crippen molar-refractivity contribution >= 4 is 0 Å². The minimum absolute atomic E-state index is 0.159. The van der Waals surface area contributed by atoms with E-state index in [0.717, 1.165) is 5.82 Å². The molecule has 0 aromatic carbocycles. The van der Waals surface area contributed by atoms with Crippen molar-refractivity contribution in [3.63, 3.8) is 0 Å². The Morgan fingerprint density at radius 3 is 2.50 bits per heavy atom. The van der Waals surface area contributed by atoms with Crippen LogP contribution in [0.15, 0.2) is 4.79 Å². The molecule has 0 saturated carbocycles. The minimum atomic E-state index is -0.169. The molecule has 0 bridgehead atoms. The fourth-order valence-corrected chi connectivity index (χ4v) is 1.29. The van der Waals surface area contributed by atoms with Crippen molar-refractivity contribution in [3.05, 3.63) is 16.3 Å². The van der Waals surface area contributed by atoms with Crippen LogP contribution in [0.5, 0.6) is 0 Å². The third kappa shape index (κ3) is 1.72. The van der Waals surface area contributed by atoms with E-state index in [2.05, 4.69) is 11.0 Å². The molecule has 4 nitrogen and oxygen atoms in total. The zero-order valence-electron chi connectivity index (χ0n) is 9.03. The molecular formula is C10H15N3O. The van der Waals surface area contributed by atoms with E-state index in [-0.39, 0.29) is 17.6 Å². The highest BCUT2D eigenvalue weighted by Gasteiger charge is 2.23. The molecule has 0 aliphatic rings. The van der Waals surface area contributed by atoms with Crippen LogP contribution < -0.4 is 5.69 Å². The third-order valence-corrected chi connectivity index (χ3v) is 1.93. The SMILES string of the molecule is C#CCn1c(C(C)(C)C)nn(C)c1=O. The Balaban J connectivity index is 3.39. The maximum atomic E-state index is 11.6. The molecule has 0 fully saturated rings. The molecule has 0 saturated heterocycles. The Morgan fingerprint density at radius 1 is 1.50 bits per heavy atom. The predicted molar refractivity (Wildman–Crippen MR) is 55.0 cm³/mol. The van der Waals surface area contributed by atoms with E-state index in [1.165, 1.54) is 9.25 Å². The van der Waals surface area contributed by atoms with Gasteiger partial charge in [-0.05, 0) is 0 Å². The van der Waals surface area contributed by atoms with Gasteiger partial charge in [-0.2, -0.15) is 5.10 Å². The molecule has 1 aromatic rings. The van der Waals surface area contributed by atoms with Gasteiger partial charge in [0.2, 0.25) is 0 Å². The first-order chi connectivity index (χ1) is 6.38. The summed E-state index contributed by atoms with van der Waals surface area (Å²) in [4.78, 5) is 11.6. The average Bonchev–Trinajstić information content (AvgIpc) is 2.32. The second kappa shape index (κ2) is 3.33. The van der Waals surface area contributed by atoms with Gasteiger partial charge in [-0.3, -0.25) is 4.57 Å². The maximum absolute atomic E-state index is 11.6. The van der Waals surface area contributed by atoms with Crippen LogP contribution >= 0.6 is 0 Å². The first kappa shape index (κ1) is 10.6. The van der Waals surface area contributed by atoms with Crippen LogP contribution in [0.4, 0.5) is 0 Å². The Labute approximate surface area is 83.5 Å². The van der Waals surface area contributed by atoms with E-state index in [0.29, 0.717) is 0 Å². The van der Waals surface area contributed by atoms with Gasteiger partial charge in [0.25, 0.3) is 0 Å². The van der Waals surface area contributed by atoms with Gasteiger partial charge < -0.3 is 0 Å². The summed E-state index contributed by atoms with van der Waals surface area (Å²) < 4.78 is 2.85. The molecule has 4 heteroatoms. The Morgan fingerprint density at radius 2 is 2.07 bits per heavy atom. The summed E-state index contributed by atoms with van der Waals surface area (Å²) in [6.07, 6.45) is 5.20. The number of aromatic nitrogens is 3. The number of rotatable bonds is 1. The summed E-state index contributed by atoms with van der Waals surface area (Å²) in [5.41, 5.74) is -0.329. The van der Waals surface area contributed by atoms with Gasteiger partial charge in [-0.15, -0.1) is 6.42 Å². The minimum Gasteiger partial charge on any atom is -0.267 e. The quantitative estimate of drug-likeness (QED) is 0.610. The molecule has 0 radical (unpaired) electrons. The highest BCUT2D eigenvalue weighted by molar-refractivity contribution is 5.04. The van der Waals surface area contributed by atoms with Gasteiger partial charge in [-0.1, -0.05) is 26.7 Å². The molecule has 0 aliphatic heterocycles. The normalized spacial score (nSPS) is 11.4. The van der Waals surface area contributed by atoms with Crippen molar-refractivity contribution in [2.45, 2.75) is 32.7 Å². The van der Waals surface area contributed by atoms with E-state index in [1.54, 1.807) is 7.05 Å². The Bertz CT molecular complexity index is 426. The van der Waals surface area contributed by atoms with Gasteiger partial charge in [0.1, 0.15) is 5.82 Å². The molecule has 76 valence electrons. The molecule has 1 heterocycles. The van der Waals surface area contributed by atoms with Crippen molar-refractivity contribution < 1.29 is 0 Å². The fraction of sp³-hybridized carbons (Fsp3) is 0.600. The van der Waals surface area contributed by atoms with Crippen molar-refractivity contribution in [2.75, 3.05) is 0 Å². The van der Waals surface area contributed by atoms with E-state index in [9.17, 15) is 4.79 Å². The van der Waals surface area contributed by atoms with Crippen LogP contribution in [0, 0.1) is 12.3 Å². The van der Waals surface area contributed by atoms with Gasteiger partial charge in [0.05, 0.1) is 6.54 Å². The molecule has 0 spiro atoms. The second-order valence-electron chi connectivity index (χ2n) is 4.27. The Kier molecular flexibility index (Phi) is 2.52. The molecule has 1 rings (SSSR count). The molecule has 1 aromatic heterocycles. The Hall–Kier alpha value is -1.50. The fourth-order valence-electron chi connectivity index (χ4n) is 1.29. The van der Waals surface area contributed by atoms with Crippen molar-refractivity contribution in [1.29, 1.82) is 0 Å². The van der Waals surface area contributed by atoms with E-state index in [4.69, 9.17) is 6.42 Å². The summed E-state index contributed by atoms with van der Waals surface area (Å²) in [5.74, 6) is 3.19. The molecule has 14 heavy (non-hydrogen) atoms. The van der Waals surface area contributed by atoms with Crippen molar-refractivity contribution in [1.82, 2.24) is 14.3 Å². The topological polar surface area (TPSA) is 39.8 Å². The lowest BCUT2D eigenvalue weighted by atomic mass is 9.96. The molecule has 0 aliphatic carbocycles. The van der Waals surface area contributed by atoms with Crippen molar-refractivity contribution in [2.24, 2.45) is 7.05 Å². The number of hydrogen-bond donors (Lipinski definition) is 0. The van der Waals surface area contributed by atoms with Gasteiger partial charge in [0, 0.05) is 12.5 Å². The van der Waals surface area contributed by atoms with Crippen LogP contribution in [0.3, 0.4) is 0 Å². The summed E-state index contributed by atoms with van der Waals surface area (Å²) in [6.45, 7) is 6.28. The molecule has 0 N–H and O–H groups in total. The van der Waals surface area contributed by atoms with Crippen LogP contribution in [0.25, 0.3) is 0 Å². The second-order valence-corrected chi connectivity index (χ2v) is 4.27. The highest BCUT2D eigenvalue weighted by atomic mass is 16.2. The van der Waals surface area contributed by atoms with E-state index in [1.807, 2.05) is 20.8 Å².